The molecule has 0 aliphatic carbocycles. The van der Waals surface area contributed by atoms with Gasteiger partial charge in [0.15, 0.2) is 5.78 Å². The molecule has 1 atom stereocenters. The summed E-state index contributed by atoms with van der Waals surface area (Å²) in [5.74, 6) is 0.0921. The van der Waals surface area contributed by atoms with Gasteiger partial charge in [-0.2, -0.15) is 0 Å². The molecule has 24 heavy (non-hydrogen) atoms. The summed E-state index contributed by atoms with van der Waals surface area (Å²) in [5.41, 5.74) is 6.87. The maximum atomic E-state index is 13.4. The summed E-state index contributed by atoms with van der Waals surface area (Å²) < 4.78 is 0. The molecule has 3 aromatic rings. The van der Waals surface area contributed by atoms with Gasteiger partial charge >= 0.3 is 0 Å². The Balaban J connectivity index is 2.22. The maximum absolute atomic E-state index is 13.4. The molecule has 0 heterocycles. The van der Waals surface area contributed by atoms with Crippen LogP contribution in [0.15, 0.2) is 60.7 Å². The summed E-state index contributed by atoms with van der Waals surface area (Å²) in [6.07, 6.45) is 0. The summed E-state index contributed by atoms with van der Waals surface area (Å²) in [7, 11) is 2.71. The van der Waals surface area contributed by atoms with E-state index in [0.29, 0.717) is 0 Å². The van der Waals surface area contributed by atoms with E-state index in [9.17, 15) is 4.79 Å². The Morgan fingerprint density at radius 2 is 1.42 bits per heavy atom. The fourth-order valence-corrected chi connectivity index (χ4v) is 3.74. The third kappa shape index (κ3) is 3.05. The number of benzene rings is 3. The van der Waals surface area contributed by atoms with Crippen LogP contribution in [0.2, 0.25) is 0 Å². The SMILES string of the molecule is Cc1cc(C)c(C(=O)c2c(P)cccc2-c2ccccc2)c(C)c1. The summed E-state index contributed by atoms with van der Waals surface area (Å²) in [6.45, 7) is 6.09. The Kier molecular flexibility index (Phi) is 4.64. The Morgan fingerprint density at radius 1 is 0.792 bits per heavy atom. The number of rotatable bonds is 3. The zero-order valence-corrected chi connectivity index (χ0v) is 15.4. The van der Waals surface area contributed by atoms with E-state index in [2.05, 4.69) is 28.3 Å². The van der Waals surface area contributed by atoms with Crippen molar-refractivity contribution in [3.05, 3.63) is 88.5 Å². The first-order valence-electron chi connectivity index (χ1n) is 8.05. The minimum Gasteiger partial charge on any atom is -0.289 e. The van der Waals surface area contributed by atoms with E-state index in [1.165, 1.54) is 5.56 Å². The summed E-state index contributed by atoms with van der Waals surface area (Å²) in [6, 6.07) is 20.2. The average Bonchev–Trinajstić information content (AvgIpc) is 2.54. The van der Waals surface area contributed by atoms with Gasteiger partial charge < -0.3 is 0 Å². The van der Waals surface area contributed by atoms with Crippen LogP contribution in [0.5, 0.6) is 0 Å². The lowest BCUT2D eigenvalue weighted by molar-refractivity contribution is 0.103. The fraction of sp³-hybridized carbons (Fsp3) is 0.136. The van der Waals surface area contributed by atoms with Gasteiger partial charge in [-0.25, -0.2) is 0 Å². The van der Waals surface area contributed by atoms with E-state index in [4.69, 9.17) is 0 Å². The Hall–Kier alpha value is -2.24. The molecule has 0 saturated carbocycles. The predicted octanol–water partition coefficient (Wildman–Crippen LogP) is 5.01. The Morgan fingerprint density at radius 3 is 2.04 bits per heavy atom. The van der Waals surface area contributed by atoms with Gasteiger partial charge in [0.1, 0.15) is 0 Å². The average molecular weight is 332 g/mol. The highest BCUT2D eigenvalue weighted by Crippen LogP contribution is 2.28. The first kappa shape index (κ1) is 16.6. The third-order valence-corrected chi connectivity index (χ3v) is 4.79. The van der Waals surface area contributed by atoms with Crippen molar-refractivity contribution >= 4 is 20.3 Å². The van der Waals surface area contributed by atoms with Crippen molar-refractivity contribution in [2.24, 2.45) is 0 Å². The highest BCUT2D eigenvalue weighted by Gasteiger charge is 2.20. The quantitative estimate of drug-likeness (QED) is 0.487. The van der Waals surface area contributed by atoms with Crippen LogP contribution in [-0.4, -0.2) is 5.78 Å². The van der Waals surface area contributed by atoms with Crippen molar-refractivity contribution in [3.63, 3.8) is 0 Å². The van der Waals surface area contributed by atoms with Gasteiger partial charge in [0.05, 0.1) is 0 Å². The summed E-state index contributed by atoms with van der Waals surface area (Å²) in [5, 5.41) is 0.931. The topological polar surface area (TPSA) is 17.1 Å². The van der Waals surface area contributed by atoms with E-state index in [-0.39, 0.29) is 5.78 Å². The molecule has 0 N–H and O–H groups in total. The molecular weight excluding hydrogens is 311 g/mol. The van der Waals surface area contributed by atoms with Gasteiger partial charge in [0, 0.05) is 11.1 Å². The molecule has 0 aliphatic heterocycles. The minimum absolute atomic E-state index is 0.0921. The monoisotopic (exact) mass is 332 g/mol. The first-order chi connectivity index (χ1) is 11.5. The van der Waals surface area contributed by atoms with E-state index in [1.807, 2.05) is 62.4 Å². The van der Waals surface area contributed by atoms with Crippen molar-refractivity contribution in [1.29, 1.82) is 0 Å². The van der Waals surface area contributed by atoms with Crippen LogP contribution in [-0.2, 0) is 0 Å². The van der Waals surface area contributed by atoms with Crippen LogP contribution in [0.4, 0.5) is 0 Å². The molecule has 0 amide bonds. The molecule has 0 saturated heterocycles. The first-order valence-corrected chi connectivity index (χ1v) is 8.63. The molecule has 2 heteroatoms. The smallest absolute Gasteiger partial charge is 0.194 e. The maximum Gasteiger partial charge on any atom is 0.194 e. The standard InChI is InChI=1S/C22H21OP/c1-14-12-15(2)20(16(3)13-14)22(23)21-18(10-7-11-19(21)24)17-8-5-4-6-9-17/h4-13H,24H2,1-3H3. The Labute approximate surface area is 145 Å². The van der Waals surface area contributed by atoms with Crippen LogP contribution in [0, 0.1) is 20.8 Å². The Bertz CT molecular complexity index is 888. The molecule has 3 rings (SSSR count). The number of aryl methyl sites for hydroxylation is 3. The van der Waals surface area contributed by atoms with Gasteiger partial charge in [0.2, 0.25) is 0 Å². The van der Waals surface area contributed by atoms with Gasteiger partial charge in [-0.15, -0.1) is 9.24 Å². The molecule has 0 aromatic heterocycles. The molecule has 0 fully saturated rings. The molecule has 1 unspecified atom stereocenters. The fourth-order valence-electron chi connectivity index (χ4n) is 3.35. The largest absolute Gasteiger partial charge is 0.289 e. The van der Waals surface area contributed by atoms with E-state index in [1.54, 1.807) is 0 Å². The van der Waals surface area contributed by atoms with Crippen molar-refractivity contribution < 1.29 is 4.79 Å². The second kappa shape index (κ2) is 6.71. The minimum atomic E-state index is 0.0921. The normalized spacial score (nSPS) is 10.7. The van der Waals surface area contributed by atoms with Gasteiger partial charge in [0.25, 0.3) is 0 Å². The van der Waals surface area contributed by atoms with Gasteiger partial charge in [-0.1, -0.05) is 66.2 Å². The van der Waals surface area contributed by atoms with Gasteiger partial charge in [-0.3, -0.25) is 4.79 Å². The van der Waals surface area contributed by atoms with Crippen molar-refractivity contribution in [3.8, 4) is 11.1 Å². The lowest BCUT2D eigenvalue weighted by Crippen LogP contribution is -2.15. The van der Waals surface area contributed by atoms with Gasteiger partial charge in [-0.05, 0) is 48.3 Å². The number of ketones is 1. The van der Waals surface area contributed by atoms with Crippen LogP contribution in [0.1, 0.15) is 32.6 Å². The van der Waals surface area contributed by atoms with Crippen LogP contribution in [0.3, 0.4) is 0 Å². The van der Waals surface area contributed by atoms with E-state index >= 15 is 0 Å². The molecular formula is C22H21OP. The summed E-state index contributed by atoms with van der Waals surface area (Å²) in [4.78, 5) is 13.4. The van der Waals surface area contributed by atoms with Crippen LogP contribution in [0.25, 0.3) is 11.1 Å². The zero-order chi connectivity index (χ0) is 17.3. The zero-order valence-electron chi connectivity index (χ0n) is 14.3. The number of carbonyl (C=O) groups is 1. The lowest BCUT2D eigenvalue weighted by atomic mass is 9.89. The highest BCUT2D eigenvalue weighted by atomic mass is 31.0. The second-order valence-corrected chi connectivity index (χ2v) is 6.86. The van der Waals surface area contributed by atoms with Crippen molar-refractivity contribution in [1.82, 2.24) is 0 Å². The lowest BCUT2D eigenvalue weighted by Gasteiger charge is -2.15. The molecule has 0 radical (unpaired) electrons. The second-order valence-electron chi connectivity index (χ2n) is 6.24. The predicted molar refractivity (Wildman–Crippen MR) is 105 cm³/mol. The number of carbonyl (C=O) groups excluding carboxylic acids is 1. The van der Waals surface area contributed by atoms with E-state index in [0.717, 1.165) is 38.7 Å². The molecule has 0 spiro atoms. The molecule has 1 nitrogen and oxygen atoms in total. The highest BCUT2D eigenvalue weighted by molar-refractivity contribution is 7.27. The molecule has 0 aliphatic rings. The van der Waals surface area contributed by atoms with Crippen LogP contribution < -0.4 is 5.30 Å². The molecule has 120 valence electrons. The van der Waals surface area contributed by atoms with Crippen LogP contribution >= 0.6 is 9.24 Å². The van der Waals surface area contributed by atoms with Crippen molar-refractivity contribution in [2.75, 3.05) is 0 Å². The van der Waals surface area contributed by atoms with Crippen molar-refractivity contribution in [2.45, 2.75) is 20.8 Å². The number of hydrogen-bond acceptors (Lipinski definition) is 1. The molecule has 3 aromatic carbocycles. The molecule has 0 bridgehead atoms. The summed E-state index contributed by atoms with van der Waals surface area (Å²) >= 11 is 0. The number of hydrogen-bond donors (Lipinski definition) is 0. The third-order valence-electron chi connectivity index (χ3n) is 4.31. The van der Waals surface area contributed by atoms with E-state index < -0.39 is 0 Å².